The number of rotatable bonds is 4. The van der Waals surface area contributed by atoms with Crippen LogP contribution in [0.15, 0.2) is 24.3 Å². The van der Waals surface area contributed by atoms with E-state index in [2.05, 4.69) is 10.3 Å². The molecule has 104 valence electrons. The van der Waals surface area contributed by atoms with E-state index in [1.54, 1.807) is 22.9 Å². The fourth-order valence-corrected chi connectivity index (χ4v) is 2.45. The van der Waals surface area contributed by atoms with Crippen LogP contribution in [0.4, 0.5) is 4.39 Å². The van der Waals surface area contributed by atoms with Crippen LogP contribution in [0.25, 0.3) is 0 Å². The van der Waals surface area contributed by atoms with Gasteiger partial charge in [-0.3, -0.25) is 4.79 Å². The standard InChI is InChI=1S/C14H14FN3O2/c15-11-5-2-1-4-10(11)8-18-14(12(9-19)16-17-18)13-6-3-7-20-13/h1-2,4-5,9,13H,3,6-8H2. The van der Waals surface area contributed by atoms with E-state index in [9.17, 15) is 9.18 Å². The lowest BCUT2D eigenvalue weighted by atomic mass is 10.1. The summed E-state index contributed by atoms with van der Waals surface area (Å²) in [5.41, 5.74) is 1.42. The molecule has 20 heavy (non-hydrogen) atoms. The van der Waals surface area contributed by atoms with Gasteiger partial charge in [0.25, 0.3) is 0 Å². The van der Waals surface area contributed by atoms with Gasteiger partial charge in [-0.2, -0.15) is 0 Å². The van der Waals surface area contributed by atoms with Gasteiger partial charge in [-0.1, -0.05) is 23.4 Å². The first-order chi connectivity index (χ1) is 9.79. The molecule has 0 amide bonds. The predicted molar refractivity (Wildman–Crippen MR) is 68.8 cm³/mol. The van der Waals surface area contributed by atoms with Crippen molar-refractivity contribution < 1.29 is 13.9 Å². The van der Waals surface area contributed by atoms with E-state index in [1.807, 2.05) is 0 Å². The highest BCUT2D eigenvalue weighted by molar-refractivity contribution is 5.73. The van der Waals surface area contributed by atoms with E-state index in [0.29, 0.717) is 24.2 Å². The molecular weight excluding hydrogens is 261 g/mol. The summed E-state index contributed by atoms with van der Waals surface area (Å²) in [6, 6.07) is 6.50. The van der Waals surface area contributed by atoms with Crippen molar-refractivity contribution in [3.63, 3.8) is 0 Å². The Hall–Kier alpha value is -2.08. The van der Waals surface area contributed by atoms with Crippen molar-refractivity contribution in [2.45, 2.75) is 25.5 Å². The van der Waals surface area contributed by atoms with Crippen LogP contribution >= 0.6 is 0 Å². The molecule has 1 aliphatic rings. The molecule has 0 saturated carbocycles. The van der Waals surface area contributed by atoms with E-state index < -0.39 is 0 Å². The first-order valence-corrected chi connectivity index (χ1v) is 6.53. The third-order valence-electron chi connectivity index (χ3n) is 3.43. The maximum absolute atomic E-state index is 13.7. The van der Waals surface area contributed by atoms with Crippen molar-refractivity contribution in [2.24, 2.45) is 0 Å². The molecule has 5 nitrogen and oxygen atoms in total. The quantitative estimate of drug-likeness (QED) is 0.802. The monoisotopic (exact) mass is 275 g/mol. The van der Waals surface area contributed by atoms with Crippen molar-refractivity contribution in [3.8, 4) is 0 Å². The largest absolute Gasteiger partial charge is 0.372 e. The third-order valence-corrected chi connectivity index (χ3v) is 3.43. The molecule has 1 aliphatic heterocycles. The molecule has 1 saturated heterocycles. The zero-order chi connectivity index (χ0) is 13.9. The number of benzene rings is 1. The van der Waals surface area contributed by atoms with E-state index in [1.165, 1.54) is 6.07 Å². The zero-order valence-corrected chi connectivity index (χ0v) is 10.8. The van der Waals surface area contributed by atoms with Crippen molar-refractivity contribution in [2.75, 3.05) is 6.61 Å². The van der Waals surface area contributed by atoms with Gasteiger partial charge in [0, 0.05) is 12.2 Å². The number of aldehydes is 1. The second kappa shape index (κ2) is 5.50. The number of hydrogen-bond acceptors (Lipinski definition) is 4. The average molecular weight is 275 g/mol. The lowest BCUT2D eigenvalue weighted by molar-refractivity contribution is 0.101. The van der Waals surface area contributed by atoms with Gasteiger partial charge < -0.3 is 4.74 Å². The molecular formula is C14H14FN3O2. The van der Waals surface area contributed by atoms with Crippen LogP contribution < -0.4 is 0 Å². The molecule has 1 unspecified atom stereocenters. The molecule has 2 aromatic rings. The Kier molecular flexibility index (Phi) is 3.56. The number of carbonyl (C=O) groups excluding carboxylic acids is 1. The highest BCUT2D eigenvalue weighted by Crippen LogP contribution is 2.30. The van der Waals surface area contributed by atoms with Gasteiger partial charge >= 0.3 is 0 Å². The number of hydrogen-bond donors (Lipinski definition) is 0. The van der Waals surface area contributed by atoms with Gasteiger partial charge in [-0.25, -0.2) is 9.07 Å². The maximum atomic E-state index is 13.7. The molecule has 2 heterocycles. The second-order valence-corrected chi connectivity index (χ2v) is 4.73. The number of carbonyl (C=O) groups is 1. The summed E-state index contributed by atoms with van der Waals surface area (Å²) in [6.45, 7) is 0.899. The summed E-state index contributed by atoms with van der Waals surface area (Å²) in [5.74, 6) is -0.297. The molecule has 0 bridgehead atoms. The summed E-state index contributed by atoms with van der Waals surface area (Å²) < 4.78 is 20.9. The topological polar surface area (TPSA) is 57.0 Å². The van der Waals surface area contributed by atoms with Crippen LogP contribution in [0.2, 0.25) is 0 Å². The number of ether oxygens (including phenoxy) is 1. The van der Waals surface area contributed by atoms with Crippen LogP contribution in [-0.2, 0) is 11.3 Å². The zero-order valence-electron chi connectivity index (χ0n) is 10.8. The Bertz CT molecular complexity index is 621. The lowest BCUT2D eigenvalue weighted by Gasteiger charge is -2.12. The summed E-state index contributed by atoms with van der Waals surface area (Å²) in [4.78, 5) is 11.1. The van der Waals surface area contributed by atoms with Gasteiger partial charge in [-0.15, -0.1) is 5.10 Å². The fourth-order valence-electron chi connectivity index (χ4n) is 2.45. The third kappa shape index (κ3) is 2.34. The number of aromatic nitrogens is 3. The number of halogens is 1. The van der Waals surface area contributed by atoms with Gasteiger partial charge in [0.1, 0.15) is 11.9 Å². The van der Waals surface area contributed by atoms with Crippen molar-refractivity contribution in [1.29, 1.82) is 0 Å². The molecule has 0 spiro atoms. The minimum Gasteiger partial charge on any atom is -0.372 e. The summed E-state index contributed by atoms with van der Waals surface area (Å²) in [6.07, 6.45) is 2.25. The smallest absolute Gasteiger partial charge is 0.172 e. The van der Waals surface area contributed by atoms with Gasteiger partial charge in [0.2, 0.25) is 0 Å². The van der Waals surface area contributed by atoms with Crippen LogP contribution in [0.3, 0.4) is 0 Å². The van der Waals surface area contributed by atoms with E-state index in [0.717, 1.165) is 12.8 Å². The van der Waals surface area contributed by atoms with E-state index >= 15 is 0 Å². The van der Waals surface area contributed by atoms with E-state index in [-0.39, 0.29) is 24.2 Å². The van der Waals surface area contributed by atoms with Crippen molar-refractivity contribution in [1.82, 2.24) is 15.0 Å². The Balaban J connectivity index is 1.95. The molecule has 1 atom stereocenters. The fraction of sp³-hybridized carbons (Fsp3) is 0.357. The molecule has 0 radical (unpaired) electrons. The summed E-state index contributed by atoms with van der Waals surface area (Å²) in [7, 11) is 0. The van der Waals surface area contributed by atoms with Crippen LogP contribution in [0, 0.1) is 5.82 Å². The van der Waals surface area contributed by atoms with Crippen molar-refractivity contribution >= 4 is 6.29 Å². The molecule has 1 aromatic heterocycles. The molecule has 0 aliphatic carbocycles. The minimum absolute atomic E-state index is 0.183. The second-order valence-electron chi connectivity index (χ2n) is 4.73. The first-order valence-electron chi connectivity index (χ1n) is 6.53. The minimum atomic E-state index is -0.297. The lowest BCUT2D eigenvalue weighted by Crippen LogP contribution is -2.12. The molecule has 6 heteroatoms. The van der Waals surface area contributed by atoms with Gasteiger partial charge in [-0.05, 0) is 18.9 Å². The first kappa shape index (κ1) is 12.9. The molecule has 3 rings (SSSR count). The Morgan fingerprint density at radius 1 is 1.45 bits per heavy atom. The molecule has 1 aromatic carbocycles. The van der Waals surface area contributed by atoms with Crippen LogP contribution in [0.1, 0.15) is 40.7 Å². The summed E-state index contributed by atoms with van der Waals surface area (Å²) in [5, 5.41) is 7.80. The highest BCUT2D eigenvalue weighted by Gasteiger charge is 2.26. The predicted octanol–water partition coefficient (Wildman–Crippen LogP) is 2.13. The Morgan fingerprint density at radius 2 is 2.30 bits per heavy atom. The normalized spacial score (nSPS) is 18.4. The average Bonchev–Trinajstić information content (AvgIpc) is 3.09. The number of nitrogens with zero attached hydrogens (tertiary/aromatic N) is 3. The Labute approximate surface area is 115 Å². The molecule has 1 fully saturated rings. The Morgan fingerprint density at radius 3 is 3.00 bits per heavy atom. The van der Waals surface area contributed by atoms with Crippen LogP contribution in [0.5, 0.6) is 0 Å². The SMILES string of the molecule is O=Cc1nnn(Cc2ccccc2F)c1C1CCCO1. The van der Waals surface area contributed by atoms with Crippen molar-refractivity contribution in [3.05, 3.63) is 47.0 Å². The van der Waals surface area contributed by atoms with Gasteiger partial charge in [0.15, 0.2) is 12.0 Å². The van der Waals surface area contributed by atoms with Gasteiger partial charge in [0.05, 0.1) is 12.2 Å². The maximum Gasteiger partial charge on any atom is 0.172 e. The van der Waals surface area contributed by atoms with E-state index in [4.69, 9.17) is 4.74 Å². The summed E-state index contributed by atoms with van der Waals surface area (Å²) >= 11 is 0. The van der Waals surface area contributed by atoms with Crippen LogP contribution in [-0.4, -0.2) is 27.9 Å². The highest BCUT2D eigenvalue weighted by atomic mass is 19.1. The molecule has 0 N–H and O–H groups in total.